The highest BCUT2D eigenvalue weighted by atomic mass is 32.2. The van der Waals surface area contributed by atoms with E-state index >= 15 is 0 Å². The van der Waals surface area contributed by atoms with Crippen LogP contribution in [0.4, 0.5) is 0 Å². The number of hydrogen-bond donors (Lipinski definition) is 0. The summed E-state index contributed by atoms with van der Waals surface area (Å²) >= 11 is 0. The van der Waals surface area contributed by atoms with E-state index in [1.54, 1.807) is 0 Å². The molecule has 0 bridgehead atoms. The summed E-state index contributed by atoms with van der Waals surface area (Å²) in [6, 6.07) is 0. The molecule has 11 heavy (non-hydrogen) atoms. The second kappa shape index (κ2) is 4.72. The lowest BCUT2D eigenvalue weighted by atomic mass is 10.1. The van der Waals surface area contributed by atoms with E-state index in [2.05, 4.69) is 25.1 Å². The zero-order valence-corrected chi connectivity index (χ0v) is 7.86. The molecule has 0 aromatic carbocycles. The van der Waals surface area contributed by atoms with Crippen LogP contribution in [0.25, 0.3) is 0 Å². The molecule has 0 aliphatic rings. The highest BCUT2D eigenvalue weighted by Gasteiger charge is 2.07. The van der Waals surface area contributed by atoms with E-state index in [0.29, 0.717) is 12.3 Å². The number of hydrogen-bond acceptors (Lipinski definition) is 3. The zero-order chi connectivity index (χ0) is 8.91. The molecule has 0 aliphatic heterocycles. The molecule has 0 fully saturated rings. The third-order valence-electron chi connectivity index (χ3n) is 1.36. The molecule has 0 unspecified atom stereocenters. The van der Waals surface area contributed by atoms with Gasteiger partial charge in [0.15, 0.2) is 0 Å². The molecule has 0 saturated heterocycles. The molecule has 4 heteroatoms. The van der Waals surface area contributed by atoms with Crippen molar-refractivity contribution in [3.63, 3.8) is 0 Å². The van der Waals surface area contributed by atoms with Gasteiger partial charge in [-0.2, -0.15) is 8.42 Å². The largest absolute Gasteiger partial charge is 0.268 e. The minimum absolute atomic E-state index is 0.0781. The molecule has 0 heterocycles. The van der Waals surface area contributed by atoms with E-state index in [0.717, 1.165) is 6.42 Å². The lowest BCUT2D eigenvalue weighted by Gasteiger charge is -2.03. The van der Waals surface area contributed by atoms with Gasteiger partial charge in [0.05, 0.1) is 12.9 Å². The van der Waals surface area contributed by atoms with Crippen molar-refractivity contribution in [1.82, 2.24) is 0 Å². The Bertz CT molecular complexity index is 182. The van der Waals surface area contributed by atoms with Gasteiger partial charge in [-0.05, 0) is 18.8 Å². The first-order valence-corrected chi connectivity index (χ1v) is 5.22. The van der Waals surface area contributed by atoms with Crippen molar-refractivity contribution in [2.45, 2.75) is 26.7 Å². The zero-order valence-electron chi connectivity index (χ0n) is 7.04. The van der Waals surface area contributed by atoms with Crippen molar-refractivity contribution in [3.8, 4) is 0 Å². The average Bonchev–Trinajstić information content (AvgIpc) is 1.87. The molecular formula is C7H15O3S. The Balaban J connectivity index is 3.55. The summed E-state index contributed by atoms with van der Waals surface area (Å²) in [4.78, 5) is 0. The molecule has 0 spiro atoms. The maximum Gasteiger partial charge on any atom is 0.267 e. The minimum Gasteiger partial charge on any atom is -0.268 e. The Morgan fingerprint density at radius 3 is 2.36 bits per heavy atom. The van der Waals surface area contributed by atoms with Crippen LogP contribution in [-0.4, -0.2) is 14.2 Å². The van der Waals surface area contributed by atoms with Crippen LogP contribution in [0.2, 0.25) is 0 Å². The first-order chi connectivity index (χ1) is 4.98. The van der Waals surface area contributed by atoms with Crippen LogP contribution < -0.4 is 0 Å². The van der Waals surface area contributed by atoms with Gasteiger partial charge in [-0.1, -0.05) is 13.8 Å². The molecule has 0 saturated carbocycles. The quantitative estimate of drug-likeness (QED) is 0.601. The summed E-state index contributed by atoms with van der Waals surface area (Å²) in [5.74, 6) is 0.615. The SMILES string of the molecule is [CH2]OS(=O)(=O)CCCC(C)C. The van der Waals surface area contributed by atoms with Gasteiger partial charge in [0, 0.05) is 0 Å². The summed E-state index contributed by atoms with van der Waals surface area (Å²) in [6.07, 6.45) is 1.55. The van der Waals surface area contributed by atoms with Crippen molar-refractivity contribution in [1.29, 1.82) is 0 Å². The van der Waals surface area contributed by atoms with E-state index in [1.807, 2.05) is 0 Å². The molecule has 0 aromatic heterocycles. The third-order valence-corrected chi connectivity index (χ3v) is 2.50. The molecule has 0 N–H and O–H groups in total. The molecule has 67 valence electrons. The molecule has 0 aliphatic carbocycles. The van der Waals surface area contributed by atoms with Crippen molar-refractivity contribution in [2.75, 3.05) is 5.75 Å². The first-order valence-electron chi connectivity index (χ1n) is 3.64. The molecule has 0 atom stereocenters. The van der Waals surface area contributed by atoms with Crippen LogP contribution in [0, 0.1) is 13.0 Å². The van der Waals surface area contributed by atoms with E-state index in [9.17, 15) is 8.42 Å². The van der Waals surface area contributed by atoms with Crippen LogP contribution in [-0.2, 0) is 14.3 Å². The van der Waals surface area contributed by atoms with Gasteiger partial charge in [-0.3, -0.25) is 4.18 Å². The maximum absolute atomic E-state index is 10.7. The van der Waals surface area contributed by atoms with Gasteiger partial charge in [0.25, 0.3) is 10.1 Å². The van der Waals surface area contributed by atoms with Crippen molar-refractivity contribution in [2.24, 2.45) is 5.92 Å². The Labute approximate surface area is 68.9 Å². The molecule has 0 amide bonds. The van der Waals surface area contributed by atoms with Gasteiger partial charge in [0.2, 0.25) is 0 Å². The van der Waals surface area contributed by atoms with Gasteiger partial charge in [-0.15, -0.1) is 0 Å². The van der Waals surface area contributed by atoms with Crippen molar-refractivity contribution in [3.05, 3.63) is 7.11 Å². The van der Waals surface area contributed by atoms with E-state index in [4.69, 9.17) is 0 Å². The second-order valence-corrected chi connectivity index (χ2v) is 4.68. The third kappa shape index (κ3) is 6.31. The van der Waals surface area contributed by atoms with Crippen molar-refractivity contribution >= 4 is 10.1 Å². The molecule has 0 aromatic rings. The summed E-state index contributed by atoms with van der Waals surface area (Å²) in [7, 11) is -0.459. The monoisotopic (exact) mass is 179 g/mol. The van der Waals surface area contributed by atoms with Crippen LogP contribution in [0.15, 0.2) is 0 Å². The minimum atomic E-state index is -3.33. The van der Waals surface area contributed by atoms with E-state index < -0.39 is 10.1 Å². The molecule has 1 radical (unpaired) electrons. The smallest absolute Gasteiger partial charge is 0.267 e. The van der Waals surface area contributed by atoms with Crippen LogP contribution in [0.1, 0.15) is 26.7 Å². The van der Waals surface area contributed by atoms with Crippen LogP contribution >= 0.6 is 0 Å². The molecule has 3 nitrogen and oxygen atoms in total. The summed E-state index contributed by atoms with van der Waals surface area (Å²) in [6.45, 7) is 4.11. The molecule has 0 rings (SSSR count). The predicted octanol–water partition coefficient (Wildman–Crippen LogP) is 1.56. The fraction of sp³-hybridized carbons (Fsp3) is 0.857. The summed E-state index contributed by atoms with van der Waals surface area (Å²) < 4.78 is 25.4. The fourth-order valence-electron chi connectivity index (χ4n) is 0.727. The Hall–Kier alpha value is -0.0900. The fourth-order valence-corrected chi connectivity index (χ4v) is 1.37. The van der Waals surface area contributed by atoms with Crippen LogP contribution in [0.3, 0.4) is 0 Å². The lowest BCUT2D eigenvalue weighted by Crippen LogP contribution is -2.07. The first kappa shape index (κ1) is 10.9. The van der Waals surface area contributed by atoms with Crippen LogP contribution in [0.5, 0.6) is 0 Å². The Kier molecular flexibility index (Phi) is 4.68. The Morgan fingerprint density at radius 2 is 2.00 bits per heavy atom. The second-order valence-electron chi connectivity index (χ2n) is 2.92. The number of rotatable bonds is 5. The highest BCUT2D eigenvalue weighted by molar-refractivity contribution is 7.86. The van der Waals surface area contributed by atoms with E-state index in [1.165, 1.54) is 0 Å². The Morgan fingerprint density at radius 1 is 1.45 bits per heavy atom. The standard InChI is InChI=1S/C7H15O3S/c1-7(2)5-4-6-11(8,9)10-3/h7H,3-6H2,1-2H3. The normalized spacial score (nSPS) is 12.4. The predicted molar refractivity (Wildman–Crippen MR) is 44.3 cm³/mol. The van der Waals surface area contributed by atoms with Gasteiger partial charge in [-0.25, -0.2) is 0 Å². The van der Waals surface area contributed by atoms with E-state index in [-0.39, 0.29) is 5.75 Å². The average molecular weight is 179 g/mol. The summed E-state index contributed by atoms with van der Waals surface area (Å²) in [5.41, 5.74) is 0. The lowest BCUT2D eigenvalue weighted by molar-refractivity contribution is 0.433. The van der Waals surface area contributed by atoms with Crippen molar-refractivity contribution < 1.29 is 12.6 Å². The van der Waals surface area contributed by atoms with Gasteiger partial charge in [0.1, 0.15) is 0 Å². The summed E-state index contributed by atoms with van der Waals surface area (Å²) in [5, 5.41) is 0. The van der Waals surface area contributed by atoms with Gasteiger partial charge < -0.3 is 0 Å². The maximum atomic E-state index is 10.7. The molecular weight excluding hydrogens is 164 g/mol. The van der Waals surface area contributed by atoms with Gasteiger partial charge >= 0.3 is 0 Å². The topological polar surface area (TPSA) is 43.4 Å². The highest BCUT2D eigenvalue weighted by Crippen LogP contribution is 2.05.